The first-order valence-corrected chi connectivity index (χ1v) is 13.5. The van der Waals surface area contributed by atoms with Crippen LogP contribution in [0.1, 0.15) is 28.0 Å². The lowest BCUT2D eigenvalue weighted by Gasteiger charge is -2.16. The van der Waals surface area contributed by atoms with E-state index in [2.05, 4.69) is 30.2 Å². The Morgan fingerprint density at radius 2 is 1.83 bits per heavy atom. The van der Waals surface area contributed by atoms with Gasteiger partial charge in [0, 0.05) is 5.56 Å². The Balaban J connectivity index is 1.69. The van der Waals surface area contributed by atoms with Gasteiger partial charge in [0.05, 0.1) is 41.6 Å². The Kier molecular flexibility index (Phi) is 8.41. The summed E-state index contributed by atoms with van der Waals surface area (Å²) in [6.07, 6.45) is -3.31. The molecule has 0 bridgehead atoms. The number of sulfonamides is 1. The van der Waals surface area contributed by atoms with Crippen LogP contribution >= 0.6 is 0 Å². The van der Waals surface area contributed by atoms with Crippen molar-refractivity contribution in [2.24, 2.45) is 5.73 Å². The second-order valence-corrected chi connectivity index (χ2v) is 10.6. The van der Waals surface area contributed by atoms with Crippen molar-refractivity contribution in [2.75, 3.05) is 15.8 Å². The monoisotopic (exact) mass is 593 g/mol. The molecule has 0 atom stereocenters. The van der Waals surface area contributed by atoms with E-state index in [4.69, 9.17) is 10.5 Å². The number of alkyl halides is 3. The van der Waals surface area contributed by atoms with Gasteiger partial charge in [-0.3, -0.25) is 19.6 Å². The fourth-order valence-corrected chi connectivity index (χ4v) is 4.66. The number of halogens is 4. The number of hydrogen-bond donors (Lipinski definition) is 4. The summed E-state index contributed by atoms with van der Waals surface area (Å²) in [4.78, 5) is 20.6. The average molecular weight is 594 g/mol. The summed E-state index contributed by atoms with van der Waals surface area (Å²) in [7, 11) is -4.43. The van der Waals surface area contributed by atoms with Crippen molar-refractivity contribution in [3.05, 3.63) is 77.5 Å². The van der Waals surface area contributed by atoms with E-state index >= 15 is 0 Å². The van der Waals surface area contributed by atoms with Crippen LogP contribution in [0.25, 0.3) is 11.3 Å². The van der Waals surface area contributed by atoms with Crippen LogP contribution in [0.3, 0.4) is 0 Å². The minimum atomic E-state index is -4.68. The molecule has 0 aliphatic rings. The summed E-state index contributed by atoms with van der Waals surface area (Å²) >= 11 is 0. The molecule has 16 heteroatoms. The SMILES string of the molecule is Cc1cnc(Nc2n[nH]c(-c3ccc(NS(=O)(=O)CCC(F)(F)F)c(OCc4ccc(F)cc4)c3)c2C(N)=O)cn1. The number of aryl methyl sites for hydroxylation is 1. The second kappa shape index (κ2) is 11.8. The fourth-order valence-electron chi connectivity index (χ4n) is 3.55. The molecule has 2 heterocycles. The predicted molar refractivity (Wildman–Crippen MR) is 141 cm³/mol. The first kappa shape index (κ1) is 29.3. The van der Waals surface area contributed by atoms with E-state index in [0.29, 0.717) is 11.3 Å². The van der Waals surface area contributed by atoms with Crippen LogP contribution in [-0.2, 0) is 16.6 Å². The molecule has 0 aliphatic carbocycles. The predicted octanol–water partition coefficient (Wildman–Crippen LogP) is 4.43. The molecule has 4 aromatic rings. The van der Waals surface area contributed by atoms with Crippen molar-refractivity contribution in [1.29, 1.82) is 0 Å². The molecule has 1 amide bonds. The van der Waals surface area contributed by atoms with Crippen molar-refractivity contribution in [1.82, 2.24) is 20.2 Å². The highest BCUT2D eigenvalue weighted by molar-refractivity contribution is 7.92. The summed E-state index contributed by atoms with van der Waals surface area (Å²) in [5, 5.41) is 9.63. The van der Waals surface area contributed by atoms with Crippen molar-refractivity contribution >= 4 is 33.3 Å². The maximum Gasteiger partial charge on any atom is 0.390 e. The number of aromatic nitrogens is 4. The number of carbonyl (C=O) groups excluding carboxylic acids is 1. The molecule has 0 saturated carbocycles. The van der Waals surface area contributed by atoms with E-state index in [1.165, 1.54) is 54.9 Å². The van der Waals surface area contributed by atoms with Crippen LogP contribution in [0.15, 0.2) is 54.9 Å². The highest BCUT2D eigenvalue weighted by atomic mass is 32.2. The minimum Gasteiger partial charge on any atom is -0.487 e. The summed E-state index contributed by atoms with van der Waals surface area (Å²) in [6.45, 7) is 1.60. The lowest BCUT2D eigenvalue weighted by Crippen LogP contribution is -2.22. The zero-order valence-electron chi connectivity index (χ0n) is 21.3. The van der Waals surface area contributed by atoms with Crippen LogP contribution in [-0.4, -0.2) is 46.4 Å². The Labute approximate surface area is 231 Å². The van der Waals surface area contributed by atoms with Crippen LogP contribution < -0.4 is 20.5 Å². The minimum absolute atomic E-state index is 0.0383. The number of anilines is 3. The van der Waals surface area contributed by atoms with E-state index in [0.717, 1.165) is 0 Å². The Bertz CT molecular complexity index is 1640. The standard InChI is InChI=1S/C25H23F4N7O4S/c1-14-11-32-20(12-31-14)33-24-21(23(30)37)22(34-35-24)16-4-7-18(36-41(38,39)9-8-25(27,28)29)19(10-16)40-13-15-2-5-17(26)6-3-15/h2-7,10-12,36H,8-9,13H2,1H3,(H2,30,37)(H2,32,33,34,35). The van der Waals surface area contributed by atoms with Gasteiger partial charge in [-0.25, -0.2) is 17.8 Å². The number of H-pyrrole nitrogens is 1. The largest absolute Gasteiger partial charge is 0.487 e. The van der Waals surface area contributed by atoms with Crippen molar-refractivity contribution in [3.63, 3.8) is 0 Å². The van der Waals surface area contributed by atoms with E-state index in [9.17, 15) is 30.8 Å². The molecule has 216 valence electrons. The number of benzene rings is 2. The smallest absolute Gasteiger partial charge is 0.390 e. The number of primary amides is 1. The molecular formula is C25H23F4N7O4S. The molecule has 2 aromatic carbocycles. The van der Waals surface area contributed by atoms with Crippen LogP contribution in [0, 0.1) is 12.7 Å². The first-order chi connectivity index (χ1) is 19.3. The molecule has 2 aromatic heterocycles. The lowest BCUT2D eigenvalue weighted by molar-refractivity contribution is -0.129. The molecule has 41 heavy (non-hydrogen) atoms. The molecule has 5 N–H and O–H groups in total. The van der Waals surface area contributed by atoms with Crippen molar-refractivity contribution in [3.8, 4) is 17.0 Å². The normalized spacial score (nSPS) is 11.7. The van der Waals surface area contributed by atoms with Crippen molar-refractivity contribution < 1.29 is 35.5 Å². The number of nitrogens with one attached hydrogen (secondary N) is 3. The molecule has 4 rings (SSSR count). The van der Waals surface area contributed by atoms with Gasteiger partial charge in [-0.2, -0.15) is 18.3 Å². The Morgan fingerprint density at radius 1 is 1.10 bits per heavy atom. The number of rotatable bonds is 11. The van der Waals surface area contributed by atoms with Gasteiger partial charge in [-0.15, -0.1) is 0 Å². The average Bonchev–Trinajstić information content (AvgIpc) is 3.32. The van der Waals surface area contributed by atoms with Gasteiger partial charge < -0.3 is 15.8 Å². The summed E-state index contributed by atoms with van der Waals surface area (Å²) in [6, 6.07) is 9.28. The quantitative estimate of drug-likeness (QED) is 0.186. The molecule has 11 nitrogen and oxygen atoms in total. The summed E-state index contributed by atoms with van der Waals surface area (Å²) in [5.74, 6) is -2.32. The number of hydrogen-bond acceptors (Lipinski definition) is 8. The highest BCUT2D eigenvalue weighted by Gasteiger charge is 2.30. The third-order valence-electron chi connectivity index (χ3n) is 5.54. The molecule has 0 aliphatic heterocycles. The summed E-state index contributed by atoms with van der Waals surface area (Å²) in [5.41, 5.74) is 7.00. The first-order valence-electron chi connectivity index (χ1n) is 11.8. The Hall–Kier alpha value is -4.73. The van der Waals surface area contributed by atoms with E-state index in [-0.39, 0.29) is 46.5 Å². The summed E-state index contributed by atoms with van der Waals surface area (Å²) < 4.78 is 83.9. The second-order valence-electron chi connectivity index (χ2n) is 8.77. The maximum atomic E-state index is 13.3. The molecule has 0 saturated heterocycles. The van der Waals surface area contributed by atoms with Crippen LogP contribution in [0.5, 0.6) is 5.75 Å². The maximum absolute atomic E-state index is 13.3. The molecule has 0 unspecified atom stereocenters. The zero-order chi connectivity index (χ0) is 29.8. The van der Waals surface area contributed by atoms with Gasteiger partial charge in [0.15, 0.2) is 5.82 Å². The van der Waals surface area contributed by atoms with E-state index in [1.807, 2.05) is 0 Å². The van der Waals surface area contributed by atoms with Gasteiger partial charge in [0.1, 0.15) is 29.6 Å². The zero-order valence-corrected chi connectivity index (χ0v) is 22.1. The van der Waals surface area contributed by atoms with Crippen molar-refractivity contribution in [2.45, 2.75) is 26.1 Å². The van der Waals surface area contributed by atoms with Crippen LogP contribution in [0.4, 0.5) is 34.9 Å². The molecule has 0 fully saturated rings. The Morgan fingerprint density at radius 3 is 2.46 bits per heavy atom. The fraction of sp³-hybridized carbons (Fsp3) is 0.200. The third-order valence-corrected chi connectivity index (χ3v) is 6.81. The highest BCUT2D eigenvalue weighted by Crippen LogP contribution is 2.35. The lowest BCUT2D eigenvalue weighted by atomic mass is 10.1. The number of carbonyl (C=O) groups is 1. The van der Waals surface area contributed by atoms with Gasteiger partial charge in [0.2, 0.25) is 10.0 Å². The number of ether oxygens (including phenoxy) is 1. The number of amides is 1. The molecule has 0 spiro atoms. The third kappa shape index (κ3) is 7.91. The van der Waals surface area contributed by atoms with Gasteiger partial charge in [-0.05, 0) is 36.8 Å². The van der Waals surface area contributed by atoms with Gasteiger partial charge >= 0.3 is 6.18 Å². The van der Waals surface area contributed by atoms with E-state index in [1.54, 1.807) is 6.92 Å². The van der Waals surface area contributed by atoms with Gasteiger partial charge in [-0.1, -0.05) is 18.2 Å². The topological polar surface area (TPSA) is 165 Å². The number of aromatic amines is 1. The molecule has 0 radical (unpaired) electrons. The number of nitrogens with zero attached hydrogens (tertiary/aromatic N) is 3. The van der Waals surface area contributed by atoms with E-state index < -0.39 is 40.1 Å². The van der Waals surface area contributed by atoms with Gasteiger partial charge in [0.25, 0.3) is 5.91 Å². The number of nitrogens with two attached hydrogens (primary N) is 1. The van der Waals surface area contributed by atoms with Crippen LogP contribution in [0.2, 0.25) is 0 Å². The molecular weight excluding hydrogens is 570 g/mol.